The van der Waals surface area contributed by atoms with Gasteiger partial charge in [-0.05, 0) is 48.9 Å². The molecule has 166 valence electrons. The first-order valence-corrected chi connectivity index (χ1v) is 11.1. The van der Waals surface area contributed by atoms with E-state index >= 15 is 0 Å². The molecule has 10 heteroatoms. The summed E-state index contributed by atoms with van der Waals surface area (Å²) in [6, 6.07) is 13.1. The number of hydrogen-bond donors (Lipinski definition) is 1. The molecular weight excluding hydrogens is 445 g/mol. The van der Waals surface area contributed by atoms with Crippen molar-refractivity contribution in [3.05, 3.63) is 76.5 Å². The number of ether oxygens (including phenoxy) is 1. The number of hydrogen-bond acceptors (Lipinski definition) is 6. The van der Waals surface area contributed by atoms with Gasteiger partial charge in [-0.3, -0.25) is 4.79 Å². The van der Waals surface area contributed by atoms with Gasteiger partial charge in [0.2, 0.25) is 5.91 Å². The van der Waals surface area contributed by atoms with E-state index in [-0.39, 0.29) is 18.3 Å². The summed E-state index contributed by atoms with van der Waals surface area (Å²) in [4.78, 5) is 29.7. The number of fused-ring (bicyclic) bond motifs is 3. The fourth-order valence-corrected chi connectivity index (χ4v) is 4.51. The highest BCUT2D eigenvalue weighted by Gasteiger charge is 2.17. The molecular formula is C23H18FN5O3S. The van der Waals surface area contributed by atoms with Crippen molar-refractivity contribution in [1.82, 2.24) is 19.2 Å². The van der Waals surface area contributed by atoms with E-state index in [1.165, 1.54) is 34.2 Å². The van der Waals surface area contributed by atoms with Gasteiger partial charge in [-0.1, -0.05) is 12.1 Å². The Hall–Kier alpha value is -4.05. The van der Waals surface area contributed by atoms with E-state index in [4.69, 9.17) is 4.74 Å². The largest absolute Gasteiger partial charge is 0.494 e. The van der Waals surface area contributed by atoms with Gasteiger partial charge in [0.1, 0.15) is 24.4 Å². The van der Waals surface area contributed by atoms with Gasteiger partial charge >= 0.3 is 5.69 Å². The Balaban J connectivity index is 1.42. The minimum Gasteiger partial charge on any atom is -0.494 e. The average molecular weight is 463 g/mol. The lowest BCUT2D eigenvalue weighted by molar-refractivity contribution is -0.117. The van der Waals surface area contributed by atoms with Crippen LogP contribution < -0.4 is 15.7 Å². The molecule has 0 radical (unpaired) electrons. The predicted octanol–water partition coefficient (Wildman–Crippen LogP) is 3.95. The third kappa shape index (κ3) is 3.96. The Morgan fingerprint density at radius 1 is 1.15 bits per heavy atom. The third-order valence-electron chi connectivity index (χ3n) is 5.04. The number of anilines is 1. The van der Waals surface area contributed by atoms with Crippen molar-refractivity contribution in [2.45, 2.75) is 13.5 Å². The van der Waals surface area contributed by atoms with Crippen LogP contribution in [0.4, 0.5) is 10.1 Å². The van der Waals surface area contributed by atoms with Crippen molar-refractivity contribution in [3.63, 3.8) is 0 Å². The fourth-order valence-electron chi connectivity index (χ4n) is 3.51. The fraction of sp³-hybridized carbons (Fsp3) is 0.130. The lowest BCUT2D eigenvalue weighted by Crippen LogP contribution is -2.28. The number of aromatic nitrogens is 4. The number of thiophene rings is 1. The van der Waals surface area contributed by atoms with Crippen molar-refractivity contribution in [3.8, 4) is 16.9 Å². The first-order chi connectivity index (χ1) is 16.0. The molecule has 0 atom stereocenters. The van der Waals surface area contributed by atoms with E-state index < -0.39 is 5.69 Å². The van der Waals surface area contributed by atoms with E-state index in [0.717, 1.165) is 15.8 Å². The quantitative estimate of drug-likeness (QED) is 0.412. The minimum absolute atomic E-state index is 0.245. The zero-order valence-electron chi connectivity index (χ0n) is 17.5. The van der Waals surface area contributed by atoms with Crippen LogP contribution in [-0.2, 0) is 11.3 Å². The number of carbonyl (C=O) groups excluding carboxylic acids is 1. The van der Waals surface area contributed by atoms with Crippen LogP contribution in [0.5, 0.6) is 5.75 Å². The molecule has 5 rings (SSSR count). The second-order valence-electron chi connectivity index (χ2n) is 7.22. The van der Waals surface area contributed by atoms with Gasteiger partial charge in [0.25, 0.3) is 0 Å². The van der Waals surface area contributed by atoms with E-state index in [0.29, 0.717) is 33.9 Å². The molecule has 0 aliphatic rings. The molecule has 1 N–H and O–H groups in total. The van der Waals surface area contributed by atoms with Gasteiger partial charge < -0.3 is 10.1 Å². The Labute approximate surface area is 190 Å². The monoisotopic (exact) mass is 463 g/mol. The number of nitrogens with zero attached hydrogens (tertiary/aromatic N) is 4. The van der Waals surface area contributed by atoms with Gasteiger partial charge in [-0.2, -0.15) is 0 Å². The highest BCUT2D eigenvalue weighted by molar-refractivity contribution is 7.18. The molecule has 3 aromatic heterocycles. The molecule has 0 aliphatic heterocycles. The Kier molecular flexibility index (Phi) is 5.35. The number of benzene rings is 2. The summed E-state index contributed by atoms with van der Waals surface area (Å²) < 4.78 is 21.8. The number of carbonyl (C=O) groups is 1. The van der Waals surface area contributed by atoms with Crippen LogP contribution in [0.2, 0.25) is 0 Å². The maximum atomic E-state index is 13.3. The smallest absolute Gasteiger partial charge is 0.352 e. The summed E-state index contributed by atoms with van der Waals surface area (Å²) in [5, 5.41) is 9.03. The van der Waals surface area contributed by atoms with Crippen molar-refractivity contribution in [2.24, 2.45) is 0 Å². The predicted molar refractivity (Wildman–Crippen MR) is 124 cm³/mol. The van der Waals surface area contributed by atoms with Crippen molar-refractivity contribution >= 4 is 38.8 Å². The van der Waals surface area contributed by atoms with Gasteiger partial charge in [-0.25, -0.2) is 23.3 Å². The first kappa shape index (κ1) is 20.8. The minimum atomic E-state index is -0.460. The number of amides is 1. The molecule has 5 aromatic rings. The lowest BCUT2D eigenvalue weighted by atomic mass is 10.1. The van der Waals surface area contributed by atoms with E-state index in [2.05, 4.69) is 15.4 Å². The molecule has 0 saturated carbocycles. The average Bonchev–Trinajstić information content (AvgIpc) is 3.37. The number of nitrogens with one attached hydrogen (secondary N) is 1. The summed E-state index contributed by atoms with van der Waals surface area (Å²) >= 11 is 1.39. The highest BCUT2D eigenvalue weighted by atomic mass is 32.1. The summed E-state index contributed by atoms with van der Waals surface area (Å²) in [6.07, 6.45) is 1.40. The van der Waals surface area contributed by atoms with Crippen LogP contribution in [0.25, 0.3) is 27.0 Å². The van der Waals surface area contributed by atoms with Gasteiger partial charge in [0, 0.05) is 16.6 Å². The maximum absolute atomic E-state index is 13.3. The maximum Gasteiger partial charge on any atom is 0.352 e. The highest BCUT2D eigenvalue weighted by Crippen LogP contribution is 2.34. The SMILES string of the molecule is CCOc1ccc(NC(=O)Cn2nc3c4scc(-c5ccc(F)cc5)c4ncn3c2=O)cc1. The zero-order valence-corrected chi connectivity index (χ0v) is 18.3. The Morgan fingerprint density at radius 3 is 2.64 bits per heavy atom. The topological polar surface area (TPSA) is 90.5 Å². The van der Waals surface area contributed by atoms with E-state index in [9.17, 15) is 14.0 Å². The van der Waals surface area contributed by atoms with Crippen LogP contribution in [0, 0.1) is 5.82 Å². The summed E-state index contributed by atoms with van der Waals surface area (Å²) in [5.74, 6) is 0.00836. The molecule has 0 fully saturated rings. The molecule has 2 aromatic carbocycles. The van der Waals surface area contributed by atoms with Crippen LogP contribution in [0.15, 0.2) is 65.0 Å². The number of rotatable bonds is 6. The molecule has 0 spiro atoms. The lowest BCUT2D eigenvalue weighted by Gasteiger charge is -2.06. The third-order valence-corrected chi connectivity index (χ3v) is 6.00. The summed E-state index contributed by atoms with van der Waals surface area (Å²) in [7, 11) is 0. The van der Waals surface area contributed by atoms with Gasteiger partial charge in [-0.15, -0.1) is 16.4 Å². The van der Waals surface area contributed by atoms with Crippen molar-refractivity contribution in [2.75, 3.05) is 11.9 Å². The molecule has 33 heavy (non-hydrogen) atoms. The van der Waals surface area contributed by atoms with Gasteiger partial charge in [0.15, 0.2) is 5.65 Å². The zero-order chi connectivity index (χ0) is 22.9. The summed E-state index contributed by atoms with van der Waals surface area (Å²) in [5.41, 5.74) is 2.85. The Bertz CT molecular complexity index is 1520. The molecule has 0 aliphatic carbocycles. The van der Waals surface area contributed by atoms with Crippen LogP contribution in [0.1, 0.15) is 6.92 Å². The normalized spacial score (nSPS) is 11.2. The summed E-state index contributed by atoms with van der Waals surface area (Å²) in [6.45, 7) is 2.21. The Morgan fingerprint density at radius 2 is 1.91 bits per heavy atom. The molecule has 0 saturated heterocycles. The number of halogens is 1. The van der Waals surface area contributed by atoms with Crippen molar-refractivity contribution in [1.29, 1.82) is 0 Å². The standard InChI is InChI=1S/C23H18FN5O3S/c1-2-32-17-9-7-16(8-10-17)26-19(30)11-29-23(31)28-13-25-20-18(12-33-21(20)22(28)27-29)14-3-5-15(24)6-4-14/h3-10,12-13H,2,11H2,1H3,(H,26,30). The molecule has 8 nitrogen and oxygen atoms in total. The second kappa shape index (κ2) is 8.47. The first-order valence-electron chi connectivity index (χ1n) is 10.2. The van der Waals surface area contributed by atoms with Crippen LogP contribution in [-0.4, -0.2) is 31.7 Å². The molecule has 1 amide bonds. The van der Waals surface area contributed by atoms with Gasteiger partial charge in [0.05, 0.1) is 16.8 Å². The molecule has 3 heterocycles. The van der Waals surface area contributed by atoms with Crippen LogP contribution in [0.3, 0.4) is 0 Å². The van der Waals surface area contributed by atoms with Crippen molar-refractivity contribution < 1.29 is 13.9 Å². The molecule has 0 unspecified atom stereocenters. The van der Waals surface area contributed by atoms with Crippen LogP contribution >= 0.6 is 11.3 Å². The van der Waals surface area contributed by atoms with E-state index in [1.807, 2.05) is 12.3 Å². The van der Waals surface area contributed by atoms with E-state index in [1.54, 1.807) is 36.4 Å². The second-order valence-corrected chi connectivity index (χ2v) is 8.10. The molecule has 0 bridgehead atoms.